The molecular formula is C13H15N2O. The molecule has 0 bridgehead atoms. The zero-order valence-corrected chi connectivity index (χ0v) is 9.60. The van der Waals surface area contributed by atoms with Crippen LogP contribution in [0.25, 0.3) is 11.4 Å². The van der Waals surface area contributed by atoms with Gasteiger partial charge in [0.25, 0.3) is 0 Å². The van der Waals surface area contributed by atoms with Gasteiger partial charge in [-0.05, 0) is 17.9 Å². The summed E-state index contributed by atoms with van der Waals surface area (Å²) in [5.74, 6) is 1.72. The molecule has 3 nitrogen and oxygen atoms in total. The number of hydrogen-bond donors (Lipinski definition) is 0. The second-order valence-electron chi connectivity index (χ2n) is 3.95. The highest BCUT2D eigenvalue weighted by atomic mass is 16.5. The average Bonchev–Trinajstić information content (AvgIpc) is 2.75. The van der Waals surface area contributed by atoms with E-state index in [0.717, 1.165) is 12.0 Å². The summed E-state index contributed by atoms with van der Waals surface area (Å²) in [5, 5.41) is 3.88. The van der Waals surface area contributed by atoms with Crippen molar-refractivity contribution in [2.75, 3.05) is 0 Å². The summed E-state index contributed by atoms with van der Waals surface area (Å²) < 4.78 is 4.95. The molecule has 1 atom stereocenters. The van der Waals surface area contributed by atoms with Gasteiger partial charge >= 0.3 is 0 Å². The molecule has 83 valence electrons. The second kappa shape index (κ2) is 4.47. The van der Waals surface area contributed by atoms with E-state index in [2.05, 4.69) is 36.1 Å². The molecule has 16 heavy (non-hydrogen) atoms. The predicted octanol–water partition coefficient (Wildman–Crippen LogP) is 3.37. The Morgan fingerprint density at radius 1 is 1.31 bits per heavy atom. The van der Waals surface area contributed by atoms with Crippen molar-refractivity contribution in [1.82, 2.24) is 10.1 Å². The Morgan fingerprint density at radius 2 is 2.00 bits per heavy atom. The third kappa shape index (κ3) is 2.13. The van der Waals surface area contributed by atoms with Crippen LogP contribution in [0.4, 0.5) is 0 Å². The first-order valence-corrected chi connectivity index (χ1v) is 5.40. The SMILES string of the molecule is [CH2]CC(C)c1ccc(-c2noc(C)n2)cc1. The Morgan fingerprint density at radius 3 is 2.50 bits per heavy atom. The highest BCUT2D eigenvalue weighted by Crippen LogP contribution is 2.22. The molecule has 0 aliphatic carbocycles. The topological polar surface area (TPSA) is 38.9 Å². The van der Waals surface area contributed by atoms with E-state index in [1.165, 1.54) is 5.56 Å². The largest absolute Gasteiger partial charge is 0.339 e. The lowest BCUT2D eigenvalue weighted by Gasteiger charge is -2.08. The van der Waals surface area contributed by atoms with Crippen molar-refractivity contribution in [3.05, 3.63) is 42.6 Å². The van der Waals surface area contributed by atoms with E-state index in [-0.39, 0.29) is 0 Å². The Hall–Kier alpha value is -1.64. The molecule has 1 radical (unpaired) electrons. The average molecular weight is 215 g/mol. The van der Waals surface area contributed by atoms with E-state index in [0.29, 0.717) is 17.6 Å². The van der Waals surface area contributed by atoms with Crippen molar-refractivity contribution in [3.8, 4) is 11.4 Å². The van der Waals surface area contributed by atoms with Gasteiger partial charge in [0.2, 0.25) is 11.7 Å². The van der Waals surface area contributed by atoms with Crippen LogP contribution in [0.15, 0.2) is 28.8 Å². The second-order valence-corrected chi connectivity index (χ2v) is 3.95. The number of nitrogens with zero attached hydrogens (tertiary/aromatic N) is 2. The van der Waals surface area contributed by atoms with Gasteiger partial charge in [0, 0.05) is 12.5 Å². The lowest BCUT2D eigenvalue weighted by molar-refractivity contribution is 0.394. The molecule has 3 heteroatoms. The molecule has 0 N–H and O–H groups in total. The molecule has 1 aromatic carbocycles. The van der Waals surface area contributed by atoms with E-state index in [9.17, 15) is 0 Å². The van der Waals surface area contributed by atoms with E-state index in [4.69, 9.17) is 4.52 Å². The Kier molecular flexibility index (Phi) is 3.04. The van der Waals surface area contributed by atoms with E-state index < -0.39 is 0 Å². The maximum atomic E-state index is 4.95. The van der Waals surface area contributed by atoms with Crippen LogP contribution in [0.3, 0.4) is 0 Å². The predicted molar refractivity (Wildman–Crippen MR) is 62.9 cm³/mol. The number of hydrogen-bond acceptors (Lipinski definition) is 3. The van der Waals surface area contributed by atoms with Crippen molar-refractivity contribution in [2.24, 2.45) is 0 Å². The van der Waals surface area contributed by atoms with Crippen molar-refractivity contribution in [1.29, 1.82) is 0 Å². The molecule has 2 rings (SSSR count). The van der Waals surface area contributed by atoms with E-state index in [1.807, 2.05) is 12.1 Å². The van der Waals surface area contributed by atoms with Crippen molar-refractivity contribution in [2.45, 2.75) is 26.2 Å². The lowest BCUT2D eigenvalue weighted by atomic mass is 9.97. The summed E-state index contributed by atoms with van der Waals surface area (Å²) in [6.07, 6.45) is 0.903. The van der Waals surface area contributed by atoms with Gasteiger partial charge in [0.05, 0.1) is 0 Å². The number of rotatable bonds is 3. The van der Waals surface area contributed by atoms with Crippen LogP contribution in [-0.2, 0) is 0 Å². The first-order chi connectivity index (χ1) is 7.70. The van der Waals surface area contributed by atoms with Crippen LogP contribution in [-0.4, -0.2) is 10.1 Å². The molecule has 0 spiro atoms. The third-order valence-electron chi connectivity index (χ3n) is 2.70. The smallest absolute Gasteiger partial charge is 0.223 e. The van der Waals surface area contributed by atoms with Gasteiger partial charge in [0.1, 0.15) is 0 Å². The fourth-order valence-corrected chi connectivity index (χ4v) is 1.54. The van der Waals surface area contributed by atoms with E-state index in [1.54, 1.807) is 6.92 Å². The molecule has 0 saturated carbocycles. The first-order valence-electron chi connectivity index (χ1n) is 5.40. The van der Waals surface area contributed by atoms with Gasteiger partial charge in [-0.1, -0.05) is 43.3 Å². The van der Waals surface area contributed by atoms with Gasteiger partial charge < -0.3 is 4.52 Å². The highest BCUT2D eigenvalue weighted by molar-refractivity contribution is 5.54. The quantitative estimate of drug-likeness (QED) is 0.787. The molecule has 1 heterocycles. The number of aromatic nitrogens is 2. The molecule has 0 saturated heterocycles. The van der Waals surface area contributed by atoms with Crippen LogP contribution in [0.1, 0.15) is 30.7 Å². The molecule has 0 aliphatic rings. The minimum atomic E-state index is 0.487. The summed E-state index contributed by atoms with van der Waals surface area (Å²) in [6.45, 7) is 7.86. The first kappa shape index (κ1) is 10.9. The molecule has 1 unspecified atom stereocenters. The molecule has 1 aromatic heterocycles. The Labute approximate surface area is 95.5 Å². The summed E-state index contributed by atoms with van der Waals surface area (Å²) in [5.41, 5.74) is 2.27. The zero-order chi connectivity index (χ0) is 11.5. The Bertz CT molecular complexity index is 459. The maximum absolute atomic E-state index is 4.95. The van der Waals surface area contributed by atoms with E-state index >= 15 is 0 Å². The van der Waals surface area contributed by atoms with Crippen LogP contribution >= 0.6 is 0 Å². The molecule has 0 fully saturated rings. The maximum Gasteiger partial charge on any atom is 0.223 e. The van der Waals surface area contributed by atoms with Gasteiger partial charge in [-0.2, -0.15) is 4.98 Å². The summed E-state index contributed by atoms with van der Waals surface area (Å²) in [6, 6.07) is 8.23. The normalized spacial score (nSPS) is 12.7. The monoisotopic (exact) mass is 215 g/mol. The third-order valence-corrected chi connectivity index (χ3v) is 2.70. The minimum absolute atomic E-state index is 0.487. The Balaban J connectivity index is 2.25. The minimum Gasteiger partial charge on any atom is -0.339 e. The molecular weight excluding hydrogens is 200 g/mol. The van der Waals surface area contributed by atoms with Crippen molar-refractivity contribution < 1.29 is 4.52 Å². The zero-order valence-electron chi connectivity index (χ0n) is 9.60. The lowest BCUT2D eigenvalue weighted by Crippen LogP contribution is -1.91. The van der Waals surface area contributed by atoms with Gasteiger partial charge in [0.15, 0.2) is 0 Å². The molecule has 2 aromatic rings. The van der Waals surface area contributed by atoms with Gasteiger partial charge in [-0.3, -0.25) is 0 Å². The number of benzene rings is 1. The van der Waals surface area contributed by atoms with Gasteiger partial charge in [-0.15, -0.1) is 0 Å². The van der Waals surface area contributed by atoms with Crippen LogP contribution in [0.5, 0.6) is 0 Å². The summed E-state index contributed by atoms with van der Waals surface area (Å²) in [7, 11) is 0. The number of aryl methyl sites for hydroxylation is 1. The molecule has 0 amide bonds. The molecule has 0 aliphatic heterocycles. The standard InChI is InChI=1S/C13H15N2O/c1-4-9(2)11-5-7-12(8-6-11)13-14-10(3)16-15-13/h5-9H,1,4H2,2-3H3. The van der Waals surface area contributed by atoms with Crippen LogP contribution in [0, 0.1) is 13.8 Å². The van der Waals surface area contributed by atoms with Crippen LogP contribution in [0.2, 0.25) is 0 Å². The van der Waals surface area contributed by atoms with Crippen LogP contribution < -0.4 is 0 Å². The van der Waals surface area contributed by atoms with Crippen molar-refractivity contribution in [3.63, 3.8) is 0 Å². The fourth-order valence-electron chi connectivity index (χ4n) is 1.54. The van der Waals surface area contributed by atoms with Gasteiger partial charge in [-0.25, -0.2) is 0 Å². The highest BCUT2D eigenvalue weighted by Gasteiger charge is 2.07. The summed E-state index contributed by atoms with van der Waals surface area (Å²) >= 11 is 0. The fraction of sp³-hybridized carbons (Fsp3) is 0.308. The van der Waals surface area contributed by atoms with Crippen molar-refractivity contribution >= 4 is 0 Å². The summed E-state index contributed by atoms with van der Waals surface area (Å²) in [4.78, 5) is 4.19.